The van der Waals surface area contributed by atoms with Crippen molar-refractivity contribution in [2.45, 2.75) is 20.3 Å². The third kappa shape index (κ3) is 3.02. The Morgan fingerprint density at radius 2 is 1.61 bits per heavy atom. The van der Waals surface area contributed by atoms with Crippen LogP contribution in [0.25, 0.3) is 0 Å². The summed E-state index contributed by atoms with van der Waals surface area (Å²) in [7, 11) is 0. The molecular weight excluding hydrogens is 436 g/mol. The van der Waals surface area contributed by atoms with Gasteiger partial charge >= 0.3 is 0 Å². The molecule has 0 spiro atoms. The molecule has 4 aliphatic carbocycles. The van der Waals surface area contributed by atoms with Crippen molar-refractivity contribution < 1.29 is 14.4 Å². The largest absolute Gasteiger partial charge is 0.289 e. The van der Waals surface area contributed by atoms with Gasteiger partial charge in [0.15, 0.2) is 0 Å². The summed E-state index contributed by atoms with van der Waals surface area (Å²) < 4.78 is 0. The Morgan fingerprint density at radius 3 is 2.24 bits per heavy atom. The van der Waals surface area contributed by atoms with E-state index >= 15 is 0 Å². The molecule has 5 aliphatic rings. The van der Waals surface area contributed by atoms with Gasteiger partial charge in [0.05, 0.1) is 17.5 Å². The summed E-state index contributed by atoms with van der Waals surface area (Å²) in [5.74, 6) is 0.279. The van der Waals surface area contributed by atoms with Gasteiger partial charge in [0.2, 0.25) is 11.8 Å². The van der Waals surface area contributed by atoms with Crippen molar-refractivity contribution in [1.29, 1.82) is 0 Å². The van der Waals surface area contributed by atoms with E-state index in [4.69, 9.17) is 11.6 Å². The summed E-state index contributed by atoms with van der Waals surface area (Å²) >= 11 is 6.29. The Hall–Kier alpha value is -2.92. The summed E-state index contributed by atoms with van der Waals surface area (Å²) in [5.41, 5.74) is 2.83. The van der Waals surface area contributed by atoms with Crippen molar-refractivity contribution in [1.82, 2.24) is 4.90 Å². The Kier molecular flexibility index (Phi) is 4.57. The maximum Gasteiger partial charge on any atom is 0.260 e. The number of anilines is 1. The van der Waals surface area contributed by atoms with Crippen LogP contribution in [0.15, 0.2) is 54.6 Å². The zero-order valence-corrected chi connectivity index (χ0v) is 19.3. The van der Waals surface area contributed by atoms with Gasteiger partial charge in [-0.2, -0.15) is 0 Å². The normalized spacial score (nSPS) is 30.9. The maximum absolute atomic E-state index is 13.8. The highest BCUT2D eigenvalue weighted by Gasteiger charge is 2.67. The first-order valence-electron chi connectivity index (χ1n) is 11.5. The minimum Gasteiger partial charge on any atom is -0.289 e. The lowest BCUT2D eigenvalue weighted by molar-refractivity contribution is -0.140. The summed E-state index contributed by atoms with van der Waals surface area (Å²) in [4.78, 5) is 43.7. The van der Waals surface area contributed by atoms with Gasteiger partial charge in [-0.25, -0.2) is 0 Å². The number of hydrogen-bond acceptors (Lipinski definition) is 3. The standard InChI is InChI=1S/C27H25ClN2O3/c1-14-5-3-4-6-17(14)25(31)29(22-11-16(28)8-7-15(22)2)13-30-26(32)23-18-9-10-19(21-12-20(18)21)24(23)27(30)33/h3-11,18-21,23-24H,12-13H2,1-2H3. The molecule has 33 heavy (non-hydrogen) atoms. The second-order valence-electron chi connectivity index (χ2n) is 9.88. The van der Waals surface area contributed by atoms with E-state index in [2.05, 4.69) is 12.2 Å². The fraction of sp³-hybridized carbons (Fsp3) is 0.370. The fourth-order valence-electron chi connectivity index (χ4n) is 6.38. The highest BCUT2D eigenvalue weighted by molar-refractivity contribution is 6.31. The highest BCUT2D eigenvalue weighted by Crippen LogP contribution is 2.65. The number of carbonyl (C=O) groups is 3. The third-order valence-electron chi connectivity index (χ3n) is 8.12. The van der Waals surface area contributed by atoms with Gasteiger partial charge in [-0.15, -0.1) is 0 Å². The molecule has 1 heterocycles. The minimum absolute atomic E-state index is 0.103. The number of imide groups is 1. The predicted molar refractivity (Wildman–Crippen MR) is 126 cm³/mol. The molecule has 6 heteroatoms. The third-order valence-corrected chi connectivity index (χ3v) is 8.35. The first-order valence-corrected chi connectivity index (χ1v) is 11.9. The average Bonchev–Trinajstić information content (AvgIpc) is 3.59. The van der Waals surface area contributed by atoms with Crippen LogP contribution in [0.2, 0.25) is 5.02 Å². The van der Waals surface area contributed by atoms with Crippen LogP contribution >= 0.6 is 11.6 Å². The molecule has 2 aromatic rings. The molecule has 1 saturated heterocycles. The Bertz CT molecular complexity index is 1200. The molecule has 2 aromatic carbocycles. The molecule has 3 amide bonds. The van der Waals surface area contributed by atoms with Crippen LogP contribution in [0, 0.1) is 49.4 Å². The van der Waals surface area contributed by atoms with Crippen LogP contribution in [-0.4, -0.2) is 29.3 Å². The van der Waals surface area contributed by atoms with Crippen molar-refractivity contribution in [3.8, 4) is 0 Å². The molecule has 1 aliphatic heterocycles. The number of allylic oxidation sites excluding steroid dienone is 2. The van der Waals surface area contributed by atoms with E-state index in [1.807, 2.05) is 38.1 Å². The van der Waals surface area contributed by atoms with Crippen molar-refractivity contribution in [3.63, 3.8) is 0 Å². The van der Waals surface area contributed by atoms with E-state index < -0.39 is 0 Å². The van der Waals surface area contributed by atoms with Gasteiger partial charge in [0.25, 0.3) is 5.91 Å². The summed E-state index contributed by atoms with van der Waals surface area (Å²) in [5, 5.41) is 0.494. The van der Waals surface area contributed by atoms with Gasteiger partial charge < -0.3 is 0 Å². The van der Waals surface area contributed by atoms with Crippen molar-refractivity contribution in [2.24, 2.45) is 35.5 Å². The topological polar surface area (TPSA) is 57.7 Å². The Labute approximate surface area is 198 Å². The fourth-order valence-corrected chi connectivity index (χ4v) is 6.55. The van der Waals surface area contributed by atoms with E-state index in [1.165, 1.54) is 9.80 Å². The molecule has 3 fully saturated rings. The summed E-state index contributed by atoms with van der Waals surface area (Å²) in [6, 6.07) is 12.7. The summed E-state index contributed by atoms with van der Waals surface area (Å²) in [6.07, 6.45) is 5.44. The number of carbonyl (C=O) groups excluding carboxylic acids is 3. The van der Waals surface area contributed by atoms with Gasteiger partial charge in [-0.3, -0.25) is 24.2 Å². The van der Waals surface area contributed by atoms with E-state index in [9.17, 15) is 14.4 Å². The molecule has 6 unspecified atom stereocenters. The van der Waals surface area contributed by atoms with Crippen molar-refractivity contribution >= 4 is 35.0 Å². The van der Waals surface area contributed by atoms with E-state index in [0.29, 0.717) is 28.1 Å². The molecule has 168 valence electrons. The highest BCUT2D eigenvalue weighted by atomic mass is 35.5. The second kappa shape index (κ2) is 7.29. The number of rotatable bonds is 4. The van der Waals surface area contributed by atoms with Gasteiger partial charge in [-0.1, -0.05) is 48.0 Å². The molecule has 7 rings (SSSR count). The number of amides is 3. The van der Waals surface area contributed by atoms with Crippen LogP contribution in [0.4, 0.5) is 5.69 Å². The zero-order valence-electron chi connectivity index (χ0n) is 18.6. The summed E-state index contributed by atoms with van der Waals surface area (Å²) in [6.45, 7) is 3.68. The molecule has 5 nitrogen and oxygen atoms in total. The number of benzene rings is 2. The van der Waals surface area contributed by atoms with Crippen LogP contribution < -0.4 is 4.90 Å². The quantitative estimate of drug-likeness (QED) is 0.494. The SMILES string of the molecule is Cc1ccccc1C(=O)N(CN1C(=O)C2C3C=CC(C4CC34)C2C1=O)c1cc(Cl)ccc1C. The van der Waals surface area contributed by atoms with Crippen molar-refractivity contribution in [3.05, 3.63) is 76.3 Å². The monoisotopic (exact) mass is 460 g/mol. The molecule has 2 saturated carbocycles. The predicted octanol–water partition coefficient (Wildman–Crippen LogP) is 4.61. The van der Waals surface area contributed by atoms with Gasteiger partial charge in [-0.05, 0) is 73.3 Å². The van der Waals surface area contributed by atoms with Crippen LogP contribution in [-0.2, 0) is 9.59 Å². The molecule has 6 atom stereocenters. The minimum atomic E-state index is -0.285. The number of hydrogen-bond donors (Lipinski definition) is 0. The first-order chi connectivity index (χ1) is 15.9. The Morgan fingerprint density at radius 1 is 0.970 bits per heavy atom. The second-order valence-corrected chi connectivity index (χ2v) is 10.3. The number of nitrogens with zero attached hydrogens (tertiary/aromatic N) is 2. The lowest BCUT2D eigenvalue weighted by Gasteiger charge is -2.37. The van der Waals surface area contributed by atoms with Crippen LogP contribution in [0.1, 0.15) is 27.9 Å². The smallest absolute Gasteiger partial charge is 0.260 e. The van der Waals surface area contributed by atoms with Crippen LogP contribution in [0.3, 0.4) is 0 Å². The molecular formula is C27H25ClN2O3. The van der Waals surface area contributed by atoms with Gasteiger partial charge in [0, 0.05) is 10.6 Å². The number of halogens is 1. The van der Waals surface area contributed by atoms with Gasteiger partial charge in [0.1, 0.15) is 6.67 Å². The van der Waals surface area contributed by atoms with Crippen LogP contribution in [0.5, 0.6) is 0 Å². The number of likely N-dealkylation sites (tertiary alicyclic amines) is 1. The first kappa shape index (κ1) is 20.7. The molecule has 0 N–H and O–H groups in total. The Balaban J connectivity index is 1.38. The zero-order chi connectivity index (χ0) is 23.0. The molecule has 2 bridgehead atoms. The number of aryl methyl sites for hydroxylation is 2. The van der Waals surface area contributed by atoms with E-state index in [1.54, 1.807) is 18.2 Å². The lowest BCUT2D eigenvalue weighted by atomic mass is 9.63. The molecule has 0 radical (unpaired) electrons. The van der Waals surface area contributed by atoms with E-state index in [-0.39, 0.29) is 48.1 Å². The lowest BCUT2D eigenvalue weighted by Crippen LogP contribution is -2.45. The van der Waals surface area contributed by atoms with E-state index in [0.717, 1.165) is 17.5 Å². The van der Waals surface area contributed by atoms with Crippen molar-refractivity contribution in [2.75, 3.05) is 11.6 Å². The average molecular weight is 461 g/mol. The molecule has 0 aromatic heterocycles. The maximum atomic E-state index is 13.8.